The van der Waals surface area contributed by atoms with Crippen LogP contribution in [-0.2, 0) is 0 Å². The Morgan fingerprint density at radius 3 is 2.48 bits per heavy atom. The molecule has 0 saturated carbocycles. The molecule has 0 aliphatic carbocycles. The minimum absolute atomic E-state index is 0. The molecule has 0 radical (unpaired) electrons. The van der Waals surface area contributed by atoms with Crippen LogP contribution in [0.3, 0.4) is 0 Å². The minimum Gasteiger partial charge on any atom is -0.450 e. The molecule has 0 aliphatic rings. The van der Waals surface area contributed by atoms with Crippen molar-refractivity contribution < 1.29 is 9.21 Å². The number of hydrogen-bond donors (Lipinski definition) is 2. The second-order valence-corrected chi connectivity index (χ2v) is 6.01. The third-order valence-corrected chi connectivity index (χ3v) is 4.21. The monoisotopic (exact) mass is 338 g/mol. The zero-order valence-electron chi connectivity index (χ0n) is 14.4. The summed E-state index contributed by atoms with van der Waals surface area (Å²) in [5.41, 5.74) is 9.64. The van der Waals surface area contributed by atoms with Crippen molar-refractivity contribution in [1.82, 2.24) is 5.32 Å². The van der Waals surface area contributed by atoms with Crippen LogP contribution in [0.4, 0.5) is 0 Å². The van der Waals surface area contributed by atoms with E-state index in [4.69, 9.17) is 10.2 Å². The number of nitrogens with one attached hydrogen (secondary N) is 1. The first-order chi connectivity index (χ1) is 10.5. The Kier molecular flexibility index (Phi) is 7.10. The number of furan rings is 1. The van der Waals surface area contributed by atoms with Gasteiger partial charge in [-0.1, -0.05) is 31.9 Å². The second kappa shape index (κ2) is 8.37. The molecule has 1 aromatic carbocycles. The summed E-state index contributed by atoms with van der Waals surface area (Å²) < 4.78 is 5.87. The first-order valence-corrected chi connectivity index (χ1v) is 7.99. The molecule has 2 rings (SSSR count). The van der Waals surface area contributed by atoms with Crippen LogP contribution in [0, 0.1) is 20.8 Å². The number of hydrogen-bond acceptors (Lipinski definition) is 3. The predicted octanol–water partition coefficient (Wildman–Crippen LogP) is 4.03. The van der Waals surface area contributed by atoms with Crippen LogP contribution < -0.4 is 11.1 Å². The van der Waals surface area contributed by atoms with E-state index in [9.17, 15) is 4.79 Å². The molecule has 1 atom stereocenters. The van der Waals surface area contributed by atoms with Gasteiger partial charge in [0.2, 0.25) is 0 Å². The third-order valence-electron chi connectivity index (χ3n) is 4.21. The van der Waals surface area contributed by atoms with Gasteiger partial charge in [0.1, 0.15) is 5.58 Å². The molecule has 23 heavy (non-hydrogen) atoms. The van der Waals surface area contributed by atoms with Crippen molar-refractivity contribution in [2.24, 2.45) is 5.73 Å². The maximum Gasteiger partial charge on any atom is 0.287 e. The highest BCUT2D eigenvalue weighted by Gasteiger charge is 2.21. The highest BCUT2D eigenvalue weighted by Crippen LogP contribution is 2.30. The number of rotatable bonds is 6. The summed E-state index contributed by atoms with van der Waals surface area (Å²) in [6.45, 7) is 8.55. The van der Waals surface area contributed by atoms with Gasteiger partial charge in [0.25, 0.3) is 5.91 Å². The smallest absolute Gasteiger partial charge is 0.287 e. The highest BCUT2D eigenvalue weighted by atomic mass is 35.5. The van der Waals surface area contributed by atoms with Crippen molar-refractivity contribution in [3.05, 3.63) is 34.6 Å². The Bertz CT molecular complexity index is 679. The summed E-state index contributed by atoms with van der Waals surface area (Å²) in [6.07, 6.45) is 3.05. The van der Waals surface area contributed by atoms with E-state index < -0.39 is 0 Å². The Hall–Kier alpha value is -1.52. The Morgan fingerprint density at radius 1 is 1.26 bits per heavy atom. The van der Waals surface area contributed by atoms with Gasteiger partial charge in [0.15, 0.2) is 5.76 Å². The van der Waals surface area contributed by atoms with Gasteiger partial charge in [-0.25, -0.2) is 0 Å². The van der Waals surface area contributed by atoms with Crippen molar-refractivity contribution in [2.75, 3.05) is 6.54 Å². The molecule has 0 bridgehead atoms. The second-order valence-electron chi connectivity index (χ2n) is 6.01. The summed E-state index contributed by atoms with van der Waals surface area (Å²) >= 11 is 0. The normalized spacial score (nSPS) is 12.0. The SMILES string of the molecule is CCCCC(CN)NC(=O)c1oc2c(C)ccc(C)c2c1C.Cl. The Morgan fingerprint density at radius 2 is 1.91 bits per heavy atom. The van der Waals surface area contributed by atoms with Crippen LogP contribution in [0.2, 0.25) is 0 Å². The molecule has 1 amide bonds. The predicted molar refractivity (Wildman–Crippen MR) is 97.5 cm³/mol. The number of fused-ring (bicyclic) bond motifs is 1. The van der Waals surface area contributed by atoms with Gasteiger partial charge < -0.3 is 15.5 Å². The lowest BCUT2D eigenvalue weighted by Gasteiger charge is -2.15. The largest absolute Gasteiger partial charge is 0.450 e. The lowest BCUT2D eigenvalue weighted by atomic mass is 10.0. The molecule has 0 fully saturated rings. The summed E-state index contributed by atoms with van der Waals surface area (Å²) in [7, 11) is 0. The molecule has 0 saturated heterocycles. The molecule has 1 aromatic heterocycles. The van der Waals surface area contributed by atoms with E-state index in [0.717, 1.165) is 46.9 Å². The maximum absolute atomic E-state index is 12.5. The summed E-state index contributed by atoms with van der Waals surface area (Å²) in [5, 5.41) is 4.05. The van der Waals surface area contributed by atoms with Crippen molar-refractivity contribution in [3.8, 4) is 0 Å². The van der Waals surface area contributed by atoms with E-state index in [2.05, 4.69) is 18.3 Å². The molecule has 1 heterocycles. The molecule has 5 heteroatoms. The van der Waals surface area contributed by atoms with Gasteiger partial charge in [-0.15, -0.1) is 12.4 Å². The number of carbonyl (C=O) groups excluding carboxylic acids is 1. The number of unbranched alkanes of at least 4 members (excludes halogenated alkanes) is 1. The zero-order valence-corrected chi connectivity index (χ0v) is 15.2. The van der Waals surface area contributed by atoms with E-state index >= 15 is 0 Å². The van der Waals surface area contributed by atoms with E-state index in [-0.39, 0.29) is 24.4 Å². The van der Waals surface area contributed by atoms with Gasteiger partial charge in [0.05, 0.1) is 0 Å². The molecule has 3 N–H and O–H groups in total. The van der Waals surface area contributed by atoms with Crippen LogP contribution in [-0.4, -0.2) is 18.5 Å². The van der Waals surface area contributed by atoms with Gasteiger partial charge in [-0.2, -0.15) is 0 Å². The van der Waals surface area contributed by atoms with Gasteiger partial charge in [-0.05, 0) is 38.3 Å². The maximum atomic E-state index is 12.5. The zero-order chi connectivity index (χ0) is 16.3. The third kappa shape index (κ3) is 4.06. The fourth-order valence-corrected chi connectivity index (χ4v) is 2.84. The van der Waals surface area contributed by atoms with Crippen LogP contribution in [0.1, 0.15) is 53.4 Å². The lowest BCUT2D eigenvalue weighted by Crippen LogP contribution is -2.40. The first-order valence-electron chi connectivity index (χ1n) is 7.99. The first kappa shape index (κ1) is 19.5. The minimum atomic E-state index is -0.168. The van der Waals surface area contributed by atoms with Gasteiger partial charge in [0, 0.05) is 23.5 Å². The molecule has 2 aromatic rings. The summed E-state index contributed by atoms with van der Waals surface area (Å²) in [4.78, 5) is 12.5. The highest BCUT2D eigenvalue weighted by molar-refractivity contribution is 6.00. The number of carbonyl (C=O) groups is 1. The Balaban J connectivity index is 0.00000264. The fourth-order valence-electron chi connectivity index (χ4n) is 2.84. The molecular formula is C18H27ClN2O2. The van der Waals surface area contributed by atoms with Crippen molar-refractivity contribution in [2.45, 2.75) is 53.0 Å². The number of amides is 1. The quantitative estimate of drug-likeness (QED) is 0.835. The summed E-state index contributed by atoms with van der Waals surface area (Å²) in [6, 6.07) is 4.08. The topological polar surface area (TPSA) is 68.3 Å². The standard InChI is InChI=1S/C18H26N2O2.ClH/c1-5-6-7-14(10-19)20-18(21)17-13(4)15-11(2)8-9-12(3)16(15)22-17;/h8-9,14H,5-7,10,19H2,1-4H3,(H,20,21);1H. The van der Waals surface area contributed by atoms with Crippen molar-refractivity contribution in [3.63, 3.8) is 0 Å². The molecule has 4 nitrogen and oxygen atoms in total. The Labute approximate surface area is 144 Å². The van der Waals surface area contributed by atoms with Crippen molar-refractivity contribution >= 4 is 29.3 Å². The van der Waals surface area contributed by atoms with Crippen LogP contribution in [0.15, 0.2) is 16.5 Å². The molecular weight excluding hydrogens is 312 g/mol. The van der Waals surface area contributed by atoms with Crippen LogP contribution >= 0.6 is 12.4 Å². The van der Waals surface area contributed by atoms with Crippen molar-refractivity contribution in [1.29, 1.82) is 0 Å². The van der Waals surface area contributed by atoms with Crippen LogP contribution in [0.25, 0.3) is 11.0 Å². The van der Waals surface area contributed by atoms with E-state index in [0.29, 0.717) is 12.3 Å². The number of nitrogens with two attached hydrogens (primary N) is 1. The van der Waals surface area contributed by atoms with E-state index in [1.165, 1.54) is 0 Å². The molecule has 0 aliphatic heterocycles. The number of aryl methyl sites for hydroxylation is 3. The average molecular weight is 339 g/mol. The fraction of sp³-hybridized carbons (Fsp3) is 0.500. The molecule has 0 spiro atoms. The van der Waals surface area contributed by atoms with Crippen LogP contribution in [0.5, 0.6) is 0 Å². The molecule has 128 valence electrons. The van der Waals surface area contributed by atoms with Gasteiger partial charge in [-0.3, -0.25) is 4.79 Å². The average Bonchev–Trinajstić information content (AvgIpc) is 2.86. The lowest BCUT2D eigenvalue weighted by molar-refractivity contribution is 0.0909. The van der Waals surface area contributed by atoms with E-state index in [1.54, 1.807) is 0 Å². The molecule has 1 unspecified atom stereocenters. The van der Waals surface area contributed by atoms with E-state index in [1.807, 2.05) is 26.8 Å². The van der Waals surface area contributed by atoms with Gasteiger partial charge >= 0.3 is 0 Å². The number of halogens is 1. The number of benzene rings is 1. The summed E-state index contributed by atoms with van der Waals surface area (Å²) in [5.74, 6) is 0.237.